The standard InChI is InChI=1S/C31H32ClN3O/c32-24-7-4-8-25(19-24)34-13-15-35(16-14-34)31(36)23-11-12-27-26(18-23)28-21-9-10-22(17-21)29(28)30(33-27)20-5-2-1-3-6-20/h1-8,11-12,18-19,21-22,28-30,33H,9-10,13-17H2/t21-,22-,28-,29+,30-/m0/s1. The van der Waals surface area contributed by atoms with Crippen LogP contribution in [0.25, 0.3) is 0 Å². The Morgan fingerprint density at radius 3 is 2.47 bits per heavy atom. The highest BCUT2D eigenvalue weighted by Gasteiger charge is 2.53. The molecular formula is C31H32ClN3O. The Balaban J connectivity index is 1.13. The van der Waals surface area contributed by atoms with Crippen LogP contribution >= 0.6 is 11.6 Å². The van der Waals surface area contributed by atoms with Crippen molar-refractivity contribution in [2.75, 3.05) is 36.4 Å². The molecule has 2 aliphatic heterocycles. The maximum absolute atomic E-state index is 13.6. The van der Waals surface area contributed by atoms with Gasteiger partial charge in [0.05, 0.1) is 6.04 Å². The Morgan fingerprint density at radius 2 is 1.67 bits per heavy atom. The highest BCUT2D eigenvalue weighted by Crippen LogP contribution is 2.63. The van der Waals surface area contributed by atoms with E-state index in [-0.39, 0.29) is 5.91 Å². The number of anilines is 2. The Labute approximate surface area is 218 Å². The van der Waals surface area contributed by atoms with E-state index in [2.05, 4.69) is 58.7 Å². The molecule has 184 valence electrons. The molecule has 0 unspecified atom stereocenters. The van der Waals surface area contributed by atoms with Gasteiger partial charge < -0.3 is 15.1 Å². The van der Waals surface area contributed by atoms with Gasteiger partial charge in [0.15, 0.2) is 0 Å². The number of benzene rings is 3. The van der Waals surface area contributed by atoms with Crippen molar-refractivity contribution in [1.82, 2.24) is 4.90 Å². The van der Waals surface area contributed by atoms with Crippen molar-refractivity contribution in [2.24, 2.45) is 17.8 Å². The summed E-state index contributed by atoms with van der Waals surface area (Å²) < 4.78 is 0. The van der Waals surface area contributed by atoms with E-state index in [1.807, 2.05) is 29.2 Å². The summed E-state index contributed by atoms with van der Waals surface area (Å²) in [7, 11) is 0. The minimum absolute atomic E-state index is 0.161. The third-order valence-electron chi connectivity index (χ3n) is 9.23. The van der Waals surface area contributed by atoms with Crippen molar-refractivity contribution < 1.29 is 4.79 Å². The number of nitrogens with zero attached hydrogens (tertiary/aromatic N) is 2. The Hall–Kier alpha value is -2.98. The van der Waals surface area contributed by atoms with E-state index in [1.165, 1.54) is 36.1 Å². The Bertz CT molecular complexity index is 1290. The van der Waals surface area contributed by atoms with E-state index < -0.39 is 0 Å². The van der Waals surface area contributed by atoms with Crippen LogP contribution in [-0.4, -0.2) is 37.0 Å². The molecule has 1 amide bonds. The smallest absolute Gasteiger partial charge is 0.253 e. The van der Waals surface area contributed by atoms with Crippen molar-refractivity contribution in [1.29, 1.82) is 0 Å². The monoisotopic (exact) mass is 497 g/mol. The third kappa shape index (κ3) is 3.69. The van der Waals surface area contributed by atoms with Crippen molar-refractivity contribution in [3.63, 3.8) is 0 Å². The number of carbonyl (C=O) groups is 1. The first-order valence-electron chi connectivity index (χ1n) is 13.4. The zero-order valence-electron chi connectivity index (χ0n) is 20.4. The lowest BCUT2D eigenvalue weighted by Gasteiger charge is -2.44. The van der Waals surface area contributed by atoms with E-state index in [1.54, 1.807) is 0 Å². The SMILES string of the molecule is O=C(c1ccc2c(c1)[C@@H]1[C@H]3CC[C@@H](C3)[C@H]1[C@H](c1ccccc1)N2)N1CCN(c2cccc(Cl)c2)CC1. The lowest BCUT2D eigenvalue weighted by atomic mass is 9.68. The average Bonchev–Trinajstić information content (AvgIpc) is 3.56. The Kier molecular flexibility index (Phi) is 5.46. The number of fused-ring (bicyclic) bond motifs is 7. The molecule has 3 aromatic rings. The number of carbonyl (C=O) groups excluding carboxylic acids is 1. The van der Waals surface area contributed by atoms with Crippen LogP contribution in [-0.2, 0) is 0 Å². The maximum Gasteiger partial charge on any atom is 0.253 e. The number of hydrogen-bond donors (Lipinski definition) is 1. The highest BCUT2D eigenvalue weighted by atomic mass is 35.5. The second-order valence-electron chi connectivity index (χ2n) is 11.0. The normalized spacial score (nSPS) is 28.4. The van der Waals surface area contributed by atoms with Crippen LogP contribution in [0.5, 0.6) is 0 Å². The van der Waals surface area contributed by atoms with Gasteiger partial charge in [-0.3, -0.25) is 4.79 Å². The lowest BCUT2D eigenvalue weighted by Crippen LogP contribution is -2.48. The predicted octanol–water partition coefficient (Wildman–Crippen LogP) is 6.60. The lowest BCUT2D eigenvalue weighted by molar-refractivity contribution is 0.0746. The summed E-state index contributed by atoms with van der Waals surface area (Å²) in [6.45, 7) is 3.11. The zero-order valence-corrected chi connectivity index (χ0v) is 21.2. The summed E-state index contributed by atoms with van der Waals surface area (Å²) in [5, 5.41) is 4.65. The van der Waals surface area contributed by atoms with E-state index in [0.717, 1.165) is 54.3 Å². The number of amides is 1. The van der Waals surface area contributed by atoms with Crippen LogP contribution in [0, 0.1) is 17.8 Å². The summed E-state index contributed by atoms with van der Waals surface area (Å²) in [6, 6.07) is 25.7. The molecule has 0 radical (unpaired) electrons. The second-order valence-corrected chi connectivity index (χ2v) is 11.5. The summed E-state index contributed by atoms with van der Waals surface area (Å²) >= 11 is 6.19. The van der Waals surface area contributed by atoms with Gasteiger partial charge in [0.2, 0.25) is 0 Å². The largest absolute Gasteiger partial charge is 0.378 e. The van der Waals surface area contributed by atoms with Crippen LogP contribution in [0.1, 0.15) is 52.7 Å². The number of rotatable bonds is 3. The van der Waals surface area contributed by atoms with Gasteiger partial charge >= 0.3 is 0 Å². The summed E-state index contributed by atoms with van der Waals surface area (Å²) in [6.07, 6.45) is 4.02. The first kappa shape index (κ1) is 22.2. The van der Waals surface area contributed by atoms with E-state index in [4.69, 9.17) is 11.6 Å². The second kappa shape index (κ2) is 8.85. The molecule has 3 fully saturated rings. The van der Waals surface area contributed by atoms with Gasteiger partial charge in [-0.1, -0.05) is 48.0 Å². The molecule has 0 spiro atoms. The number of halogens is 1. The molecule has 5 atom stereocenters. The molecule has 2 aliphatic carbocycles. The molecule has 4 aliphatic rings. The third-order valence-corrected chi connectivity index (χ3v) is 9.47. The van der Waals surface area contributed by atoms with Gasteiger partial charge in [-0.05, 0) is 90.5 Å². The topological polar surface area (TPSA) is 35.6 Å². The van der Waals surface area contributed by atoms with Gasteiger partial charge in [0.1, 0.15) is 0 Å². The molecule has 2 bridgehead atoms. The van der Waals surface area contributed by atoms with Gasteiger partial charge in [-0.2, -0.15) is 0 Å². The zero-order chi connectivity index (χ0) is 24.2. The van der Waals surface area contributed by atoms with Crippen molar-refractivity contribution >= 4 is 28.9 Å². The summed E-state index contributed by atoms with van der Waals surface area (Å²) in [4.78, 5) is 17.9. The van der Waals surface area contributed by atoms with Gasteiger partial charge in [0.25, 0.3) is 5.91 Å². The minimum atomic E-state index is 0.161. The molecule has 1 N–H and O–H groups in total. The van der Waals surface area contributed by atoms with Gasteiger partial charge in [-0.15, -0.1) is 0 Å². The maximum atomic E-state index is 13.6. The first-order valence-corrected chi connectivity index (χ1v) is 13.8. The minimum Gasteiger partial charge on any atom is -0.378 e. The fourth-order valence-corrected chi connectivity index (χ4v) is 7.82. The van der Waals surface area contributed by atoms with Crippen LogP contribution in [0.2, 0.25) is 5.02 Å². The number of nitrogens with one attached hydrogen (secondary N) is 1. The van der Waals surface area contributed by atoms with Gasteiger partial charge in [-0.25, -0.2) is 0 Å². The van der Waals surface area contributed by atoms with Crippen LogP contribution in [0.3, 0.4) is 0 Å². The quantitative estimate of drug-likeness (QED) is 0.443. The van der Waals surface area contributed by atoms with Crippen molar-refractivity contribution in [2.45, 2.75) is 31.2 Å². The van der Waals surface area contributed by atoms with E-state index in [9.17, 15) is 4.79 Å². The molecule has 5 heteroatoms. The van der Waals surface area contributed by atoms with E-state index >= 15 is 0 Å². The number of piperazine rings is 1. The predicted molar refractivity (Wildman–Crippen MR) is 146 cm³/mol. The van der Waals surface area contributed by atoms with Crippen LogP contribution < -0.4 is 10.2 Å². The van der Waals surface area contributed by atoms with Crippen LogP contribution in [0.15, 0.2) is 72.8 Å². The fraction of sp³-hybridized carbons (Fsp3) is 0.387. The van der Waals surface area contributed by atoms with Crippen LogP contribution in [0.4, 0.5) is 11.4 Å². The molecule has 7 rings (SSSR count). The van der Waals surface area contributed by atoms with E-state index in [0.29, 0.717) is 17.9 Å². The molecule has 4 nitrogen and oxygen atoms in total. The van der Waals surface area contributed by atoms with Crippen molar-refractivity contribution in [3.05, 3.63) is 94.5 Å². The fourth-order valence-electron chi connectivity index (χ4n) is 7.63. The molecule has 2 heterocycles. The summed E-state index contributed by atoms with van der Waals surface area (Å²) in [5.74, 6) is 2.86. The molecule has 2 saturated carbocycles. The molecule has 36 heavy (non-hydrogen) atoms. The average molecular weight is 498 g/mol. The first-order chi connectivity index (χ1) is 17.7. The number of hydrogen-bond acceptors (Lipinski definition) is 3. The molecule has 1 saturated heterocycles. The van der Waals surface area contributed by atoms with Gasteiger partial charge in [0, 0.05) is 48.1 Å². The van der Waals surface area contributed by atoms with Crippen molar-refractivity contribution in [3.8, 4) is 0 Å². The molecule has 0 aromatic heterocycles. The summed E-state index contributed by atoms with van der Waals surface area (Å²) in [5.41, 5.74) is 5.96. The molecule has 3 aromatic carbocycles. The molecular weight excluding hydrogens is 466 g/mol. The Morgan fingerprint density at radius 1 is 0.861 bits per heavy atom. The highest BCUT2D eigenvalue weighted by molar-refractivity contribution is 6.30.